The van der Waals surface area contributed by atoms with Crippen LogP contribution in [0.1, 0.15) is 0 Å². The Hall–Kier alpha value is -0.710. The van der Waals surface area contributed by atoms with Gasteiger partial charge in [0.25, 0.3) is 0 Å². The number of rotatable bonds is 1. The van der Waals surface area contributed by atoms with Gasteiger partial charge in [-0.1, -0.05) is 0 Å². The van der Waals surface area contributed by atoms with E-state index < -0.39 is 7.75 Å². The van der Waals surface area contributed by atoms with E-state index in [2.05, 4.69) is 10.2 Å². The summed E-state index contributed by atoms with van der Waals surface area (Å²) in [4.78, 5) is 16.7. The molecular weight excluding hydrogens is 145 g/mol. The summed E-state index contributed by atoms with van der Waals surface area (Å²) >= 11 is 0. The third-order valence-corrected chi connectivity index (χ3v) is 1.52. The standard InChI is InChI=1S/C2H4N3O3P/c6-9(7,8)5-1-3-4-2-5/h1-2H,(H2,6,7,8). The summed E-state index contributed by atoms with van der Waals surface area (Å²) in [7, 11) is -4.18. The molecule has 0 aliphatic carbocycles. The van der Waals surface area contributed by atoms with E-state index in [1.165, 1.54) is 0 Å². The van der Waals surface area contributed by atoms with E-state index in [-0.39, 0.29) is 0 Å². The molecule has 0 aliphatic heterocycles. The van der Waals surface area contributed by atoms with E-state index >= 15 is 0 Å². The Morgan fingerprint density at radius 2 is 1.78 bits per heavy atom. The Morgan fingerprint density at radius 3 is 2.00 bits per heavy atom. The van der Waals surface area contributed by atoms with Crippen LogP contribution in [0, 0.1) is 0 Å². The summed E-state index contributed by atoms with van der Waals surface area (Å²) in [6, 6.07) is 0. The van der Waals surface area contributed by atoms with Crippen LogP contribution < -0.4 is 0 Å². The number of aromatic nitrogens is 3. The Kier molecular flexibility index (Phi) is 1.36. The molecule has 1 aromatic heterocycles. The van der Waals surface area contributed by atoms with Gasteiger partial charge >= 0.3 is 7.75 Å². The van der Waals surface area contributed by atoms with Crippen molar-refractivity contribution in [3.05, 3.63) is 12.7 Å². The molecule has 0 saturated heterocycles. The Labute approximate surface area is 50.4 Å². The monoisotopic (exact) mass is 149 g/mol. The maximum Gasteiger partial charge on any atom is 0.436 e. The van der Waals surface area contributed by atoms with Gasteiger partial charge in [0.2, 0.25) is 0 Å². The highest BCUT2D eigenvalue weighted by Crippen LogP contribution is 2.34. The minimum Gasteiger partial charge on any atom is -0.308 e. The van der Waals surface area contributed by atoms with Gasteiger partial charge in [-0.15, -0.1) is 10.2 Å². The topological polar surface area (TPSA) is 88.2 Å². The second kappa shape index (κ2) is 1.91. The van der Waals surface area contributed by atoms with Crippen LogP contribution in [0.15, 0.2) is 12.7 Å². The molecule has 0 amide bonds. The third kappa shape index (κ3) is 1.35. The van der Waals surface area contributed by atoms with Gasteiger partial charge in [0.1, 0.15) is 12.7 Å². The van der Waals surface area contributed by atoms with Gasteiger partial charge in [-0.05, 0) is 0 Å². The van der Waals surface area contributed by atoms with Gasteiger partial charge in [-0.25, -0.2) is 8.90 Å². The van der Waals surface area contributed by atoms with E-state index in [0.29, 0.717) is 4.34 Å². The first-order chi connectivity index (χ1) is 4.11. The number of nitrogens with zero attached hydrogens (tertiary/aromatic N) is 3. The predicted molar refractivity (Wildman–Crippen MR) is 27.5 cm³/mol. The van der Waals surface area contributed by atoms with E-state index in [9.17, 15) is 4.57 Å². The molecule has 0 bridgehead atoms. The summed E-state index contributed by atoms with van der Waals surface area (Å²) < 4.78 is 10.9. The van der Waals surface area contributed by atoms with Crippen molar-refractivity contribution in [2.45, 2.75) is 0 Å². The van der Waals surface area contributed by atoms with Gasteiger partial charge in [0.05, 0.1) is 0 Å². The van der Waals surface area contributed by atoms with Crippen LogP contribution in [0.2, 0.25) is 0 Å². The molecule has 0 spiro atoms. The van der Waals surface area contributed by atoms with E-state index in [1.807, 2.05) is 0 Å². The van der Waals surface area contributed by atoms with Crippen LogP contribution in [0.5, 0.6) is 0 Å². The van der Waals surface area contributed by atoms with Crippen molar-refractivity contribution in [2.75, 3.05) is 0 Å². The molecular formula is C2H4N3O3P. The van der Waals surface area contributed by atoms with Crippen molar-refractivity contribution >= 4 is 7.75 Å². The van der Waals surface area contributed by atoms with Crippen molar-refractivity contribution in [1.82, 2.24) is 14.5 Å². The van der Waals surface area contributed by atoms with E-state index in [0.717, 1.165) is 12.7 Å². The van der Waals surface area contributed by atoms with Gasteiger partial charge < -0.3 is 9.79 Å². The van der Waals surface area contributed by atoms with E-state index in [1.54, 1.807) is 0 Å². The SMILES string of the molecule is O=P(O)(O)n1cnnc1. The Balaban J connectivity index is 3.04. The Bertz CT molecular complexity index is 225. The predicted octanol–water partition coefficient (Wildman–Crippen LogP) is -0.781. The highest BCUT2D eigenvalue weighted by atomic mass is 31.2. The molecule has 1 heterocycles. The lowest BCUT2D eigenvalue weighted by molar-refractivity contribution is 0.361. The van der Waals surface area contributed by atoms with E-state index in [4.69, 9.17) is 9.79 Å². The number of hydrogen-bond acceptors (Lipinski definition) is 3. The zero-order valence-electron chi connectivity index (χ0n) is 4.25. The van der Waals surface area contributed by atoms with Gasteiger partial charge in [-0.3, -0.25) is 0 Å². The lowest BCUT2D eigenvalue weighted by atomic mass is 11.3. The minimum atomic E-state index is -4.18. The van der Waals surface area contributed by atoms with Crippen LogP contribution in [0.4, 0.5) is 0 Å². The highest BCUT2D eigenvalue weighted by Gasteiger charge is 2.14. The van der Waals surface area contributed by atoms with Crippen molar-refractivity contribution < 1.29 is 14.4 Å². The molecule has 6 nitrogen and oxygen atoms in total. The number of hydrogen-bond donors (Lipinski definition) is 2. The zero-order valence-corrected chi connectivity index (χ0v) is 5.14. The van der Waals surface area contributed by atoms with Crippen LogP contribution in [-0.4, -0.2) is 24.3 Å². The van der Waals surface area contributed by atoms with Gasteiger partial charge in [0.15, 0.2) is 0 Å². The molecule has 1 aromatic rings. The fourth-order valence-electron chi connectivity index (χ4n) is 0.330. The summed E-state index contributed by atoms with van der Waals surface area (Å²) in [5.74, 6) is 0. The van der Waals surface area contributed by atoms with Crippen molar-refractivity contribution in [1.29, 1.82) is 0 Å². The maximum atomic E-state index is 10.3. The third-order valence-electron chi connectivity index (χ3n) is 0.707. The highest BCUT2D eigenvalue weighted by molar-refractivity contribution is 7.50. The van der Waals surface area contributed by atoms with Crippen LogP contribution in [-0.2, 0) is 4.57 Å². The molecule has 0 aromatic carbocycles. The molecule has 7 heteroatoms. The zero-order chi connectivity index (χ0) is 6.91. The molecule has 50 valence electrons. The summed E-state index contributed by atoms with van der Waals surface area (Å²) in [6.45, 7) is 0. The molecule has 0 aliphatic rings. The largest absolute Gasteiger partial charge is 0.436 e. The molecule has 0 radical (unpaired) electrons. The smallest absolute Gasteiger partial charge is 0.308 e. The lowest BCUT2D eigenvalue weighted by Crippen LogP contribution is -1.89. The summed E-state index contributed by atoms with van der Waals surface area (Å²) in [6.07, 6.45) is 1.92. The summed E-state index contributed by atoms with van der Waals surface area (Å²) in [5.41, 5.74) is 0. The van der Waals surface area contributed by atoms with Crippen molar-refractivity contribution in [3.63, 3.8) is 0 Å². The molecule has 9 heavy (non-hydrogen) atoms. The molecule has 0 unspecified atom stereocenters. The fourth-order valence-corrected chi connectivity index (χ4v) is 0.691. The summed E-state index contributed by atoms with van der Waals surface area (Å²) in [5, 5.41) is 6.42. The lowest BCUT2D eigenvalue weighted by Gasteiger charge is -1.99. The molecule has 1 rings (SSSR count). The minimum absolute atomic E-state index is 0.632. The van der Waals surface area contributed by atoms with Gasteiger partial charge in [0, 0.05) is 0 Å². The van der Waals surface area contributed by atoms with Gasteiger partial charge in [-0.2, -0.15) is 0 Å². The van der Waals surface area contributed by atoms with Crippen LogP contribution >= 0.6 is 7.75 Å². The quantitative estimate of drug-likeness (QED) is 0.511. The van der Waals surface area contributed by atoms with Crippen LogP contribution in [0.3, 0.4) is 0 Å². The first-order valence-electron chi connectivity index (χ1n) is 2.02. The molecule has 2 N–H and O–H groups in total. The Morgan fingerprint density at radius 1 is 1.33 bits per heavy atom. The molecule has 0 saturated carbocycles. The van der Waals surface area contributed by atoms with Crippen LogP contribution in [0.25, 0.3) is 0 Å². The van der Waals surface area contributed by atoms with Crippen molar-refractivity contribution in [3.8, 4) is 0 Å². The average molecular weight is 149 g/mol. The first-order valence-corrected chi connectivity index (χ1v) is 3.58. The van der Waals surface area contributed by atoms with Crippen molar-refractivity contribution in [2.24, 2.45) is 0 Å². The second-order valence-corrected chi connectivity index (χ2v) is 2.84. The average Bonchev–Trinajstić information content (AvgIpc) is 2.08. The normalized spacial score (nSPS) is 11.8. The maximum absolute atomic E-state index is 10.3. The molecule has 0 atom stereocenters. The fraction of sp³-hybridized carbons (Fsp3) is 0. The second-order valence-electron chi connectivity index (χ2n) is 1.36. The first kappa shape index (κ1) is 6.41. The molecule has 0 fully saturated rings.